The van der Waals surface area contributed by atoms with Gasteiger partial charge in [-0.1, -0.05) is 83.9 Å². The first-order valence-electron chi connectivity index (χ1n) is 9.87. The third-order valence-corrected chi connectivity index (χ3v) is 5.22. The number of aliphatic hydroxyl groups is 1. The molecule has 6 nitrogen and oxygen atoms in total. The molecule has 1 N–H and O–H groups in total. The van der Waals surface area contributed by atoms with Crippen LogP contribution >= 0.6 is 23.2 Å². The van der Waals surface area contributed by atoms with Crippen LogP contribution in [-0.2, 0) is 6.54 Å². The summed E-state index contributed by atoms with van der Waals surface area (Å²) in [7, 11) is 0. The predicted molar refractivity (Wildman–Crippen MR) is 125 cm³/mol. The average molecular weight is 468 g/mol. The number of halogens is 2. The smallest absolute Gasteiger partial charge is 0.364 e. The number of ether oxygens (including phenoxy) is 1. The molecule has 4 aromatic rings. The highest BCUT2D eigenvalue weighted by Gasteiger charge is 2.17. The van der Waals surface area contributed by atoms with Gasteiger partial charge in [-0.3, -0.25) is 0 Å². The summed E-state index contributed by atoms with van der Waals surface area (Å²) in [6.07, 6.45) is -1.02. The van der Waals surface area contributed by atoms with Gasteiger partial charge in [0.05, 0.1) is 11.6 Å². The molecule has 0 aliphatic rings. The molecule has 1 aromatic heterocycles. The number of hydrogen-bond acceptors (Lipinski definition) is 5. The van der Waals surface area contributed by atoms with E-state index in [1.165, 1.54) is 0 Å². The quantitative estimate of drug-likeness (QED) is 0.425. The lowest BCUT2D eigenvalue weighted by atomic mass is 10.0. The van der Waals surface area contributed by atoms with Gasteiger partial charge in [0.15, 0.2) is 0 Å². The summed E-state index contributed by atoms with van der Waals surface area (Å²) < 4.78 is 6.71. The minimum atomic E-state index is -1.02. The Morgan fingerprint density at radius 1 is 0.906 bits per heavy atom. The summed E-state index contributed by atoms with van der Waals surface area (Å²) in [6.45, 7) is -0.200. The molecule has 4 rings (SSSR count). The molecule has 0 aliphatic heterocycles. The van der Waals surface area contributed by atoms with E-state index >= 15 is 0 Å². The standard InChI is InChI=1S/C24H19Cl2N3O3/c25-18-11-12-20(26)21(13-18)32-15-19(30)14-29-24(31)27-22(16-7-3-1-4-8-16)23(28-29)17-9-5-2-6-10-17/h1-13,19,30H,14-15H2. The van der Waals surface area contributed by atoms with E-state index in [1.54, 1.807) is 18.2 Å². The van der Waals surface area contributed by atoms with Crippen LogP contribution in [0.25, 0.3) is 22.5 Å². The summed E-state index contributed by atoms with van der Waals surface area (Å²) in [5, 5.41) is 15.8. The van der Waals surface area contributed by atoms with Gasteiger partial charge in [-0.25, -0.2) is 9.48 Å². The van der Waals surface area contributed by atoms with Gasteiger partial charge < -0.3 is 9.84 Å². The average Bonchev–Trinajstić information content (AvgIpc) is 2.82. The molecule has 1 heterocycles. The van der Waals surface area contributed by atoms with Crippen molar-refractivity contribution in [1.82, 2.24) is 14.8 Å². The second-order valence-corrected chi connectivity index (χ2v) is 7.89. The zero-order valence-electron chi connectivity index (χ0n) is 16.9. The molecule has 0 saturated heterocycles. The van der Waals surface area contributed by atoms with Crippen LogP contribution in [0.15, 0.2) is 83.7 Å². The molecule has 162 valence electrons. The van der Waals surface area contributed by atoms with Gasteiger partial charge in [0.1, 0.15) is 29.8 Å². The Kier molecular flexibility index (Phi) is 6.85. The Balaban J connectivity index is 1.61. The lowest BCUT2D eigenvalue weighted by molar-refractivity contribution is 0.0876. The second-order valence-electron chi connectivity index (χ2n) is 7.05. The molecule has 0 bridgehead atoms. The largest absolute Gasteiger partial charge is 0.489 e. The molecule has 0 saturated carbocycles. The highest BCUT2D eigenvalue weighted by molar-refractivity contribution is 6.34. The molecule has 1 atom stereocenters. The highest BCUT2D eigenvalue weighted by Crippen LogP contribution is 2.28. The molecule has 0 radical (unpaired) electrons. The molecule has 0 spiro atoms. The molecule has 0 aliphatic carbocycles. The lowest BCUT2D eigenvalue weighted by Gasteiger charge is -2.16. The molecular formula is C24H19Cl2N3O3. The molecular weight excluding hydrogens is 449 g/mol. The fourth-order valence-electron chi connectivity index (χ4n) is 3.15. The monoisotopic (exact) mass is 467 g/mol. The van der Waals surface area contributed by atoms with Gasteiger partial charge in [-0.05, 0) is 12.1 Å². The van der Waals surface area contributed by atoms with Crippen LogP contribution in [0.4, 0.5) is 0 Å². The summed E-state index contributed by atoms with van der Waals surface area (Å²) in [6, 6.07) is 23.7. The summed E-state index contributed by atoms with van der Waals surface area (Å²) in [4.78, 5) is 17.0. The maximum absolute atomic E-state index is 12.7. The molecule has 0 fully saturated rings. The van der Waals surface area contributed by atoms with Crippen LogP contribution in [0.2, 0.25) is 10.0 Å². The van der Waals surface area contributed by atoms with E-state index in [-0.39, 0.29) is 13.2 Å². The summed E-state index contributed by atoms with van der Waals surface area (Å²) in [5.41, 5.74) is 2.05. The minimum absolute atomic E-state index is 0.0983. The Labute approximate surface area is 194 Å². The predicted octanol–water partition coefficient (Wildman–Crippen LogP) is 4.72. The molecule has 8 heteroatoms. The topological polar surface area (TPSA) is 77.2 Å². The third-order valence-electron chi connectivity index (χ3n) is 4.68. The van der Waals surface area contributed by atoms with Gasteiger partial charge in [-0.15, -0.1) is 0 Å². The first kappa shape index (κ1) is 22.0. The van der Waals surface area contributed by atoms with Crippen LogP contribution in [-0.4, -0.2) is 32.6 Å². The van der Waals surface area contributed by atoms with Gasteiger partial charge in [0.2, 0.25) is 0 Å². The van der Waals surface area contributed by atoms with Crippen molar-refractivity contribution in [2.24, 2.45) is 0 Å². The van der Waals surface area contributed by atoms with E-state index in [0.29, 0.717) is 27.2 Å². The molecule has 1 unspecified atom stereocenters. The Morgan fingerprint density at radius 2 is 1.53 bits per heavy atom. The number of hydrogen-bond donors (Lipinski definition) is 1. The van der Waals surface area contributed by atoms with Crippen molar-refractivity contribution < 1.29 is 9.84 Å². The fraction of sp³-hybridized carbons (Fsp3) is 0.125. The van der Waals surface area contributed by atoms with Crippen LogP contribution in [0.3, 0.4) is 0 Å². The molecule has 0 amide bonds. The van der Waals surface area contributed by atoms with Crippen molar-refractivity contribution in [2.45, 2.75) is 12.6 Å². The first-order chi connectivity index (χ1) is 15.5. The maximum Gasteiger partial charge on any atom is 0.364 e. The van der Waals surface area contributed by atoms with E-state index < -0.39 is 11.8 Å². The van der Waals surface area contributed by atoms with Crippen LogP contribution in [0, 0.1) is 0 Å². The van der Waals surface area contributed by atoms with Crippen LogP contribution in [0.1, 0.15) is 0 Å². The van der Waals surface area contributed by atoms with Crippen molar-refractivity contribution in [2.75, 3.05) is 6.61 Å². The van der Waals surface area contributed by atoms with E-state index in [2.05, 4.69) is 10.1 Å². The summed E-state index contributed by atoms with van der Waals surface area (Å²) >= 11 is 12.0. The van der Waals surface area contributed by atoms with Crippen molar-refractivity contribution in [3.05, 3.63) is 99.4 Å². The van der Waals surface area contributed by atoms with Crippen molar-refractivity contribution >= 4 is 23.2 Å². The second kappa shape index (κ2) is 9.96. The number of aliphatic hydroxyl groups excluding tert-OH is 1. The van der Waals surface area contributed by atoms with Gasteiger partial charge in [-0.2, -0.15) is 10.1 Å². The third kappa shape index (κ3) is 5.16. The normalized spacial score (nSPS) is 11.8. The Hall–Kier alpha value is -3.19. The fourth-order valence-corrected chi connectivity index (χ4v) is 3.48. The van der Waals surface area contributed by atoms with Crippen molar-refractivity contribution in [3.63, 3.8) is 0 Å². The van der Waals surface area contributed by atoms with Crippen molar-refractivity contribution in [1.29, 1.82) is 0 Å². The van der Waals surface area contributed by atoms with Crippen molar-refractivity contribution in [3.8, 4) is 28.3 Å². The number of aromatic nitrogens is 3. The molecule has 32 heavy (non-hydrogen) atoms. The number of benzene rings is 3. The zero-order valence-corrected chi connectivity index (χ0v) is 18.4. The Bertz CT molecular complexity index is 1260. The lowest BCUT2D eigenvalue weighted by Crippen LogP contribution is -2.34. The van der Waals surface area contributed by atoms with Gasteiger partial charge >= 0.3 is 5.69 Å². The molecule has 3 aromatic carbocycles. The first-order valence-corrected chi connectivity index (χ1v) is 10.6. The SMILES string of the molecule is O=c1nc(-c2ccccc2)c(-c2ccccc2)nn1CC(O)COc1cc(Cl)ccc1Cl. The summed E-state index contributed by atoms with van der Waals surface area (Å²) in [5.74, 6) is 0.348. The van der Waals surface area contributed by atoms with Crippen LogP contribution < -0.4 is 10.4 Å². The number of nitrogens with zero attached hydrogens (tertiary/aromatic N) is 3. The highest BCUT2D eigenvalue weighted by atomic mass is 35.5. The van der Waals surface area contributed by atoms with Crippen LogP contribution in [0.5, 0.6) is 5.75 Å². The number of rotatable bonds is 7. The van der Waals surface area contributed by atoms with E-state index in [0.717, 1.165) is 15.8 Å². The van der Waals surface area contributed by atoms with Gasteiger partial charge in [0.25, 0.3) is 0 Å². The van der Waals surface area contributed by atoms with Gasteiger partial charge in [0, 0.05) is 22.2 Å². The maximum atomic E-state index is 12.7. The minimum Gasteiger partial charge on any atom is -0.489 e. The van der Waals surface area contributed by atoms with E-state index in [4.69, 9.17) is 27.9 Å². The van der Waals surface area contributed by atoms with E-state index in [1.807, 2.05) is 60.7 Å². The van der Waals surface area contributed by atoms with E-state index in [9.17, 15) is 9.90 Å². The zero-order chi connectivity index (χ0) is 22.5. The Morgan fingerprint density at radius 3 is 2.19 bits per heavy atom.